The van der Waals surface area contributed by atoms with Gasteiger partial charge in [0, 0.05) is 16.6 Å². The van der Waals surface area contributed by atoms with Crippen LogP contribution in [0.4, 0.5) is 0 Å². The van der Waals surface area contributed by atoms with Gasteiger partial charge in [0.25, 0.3) is 0 Å². The van der Waals surface area contributed by atoms with Crippen LogP contribution >= 0.6 is 15.9 Å². The molecule has 0 spiro atoms. The predicted octanol–water partition coefficient (Wildman–Crippen LogP) is 4.52. The summed E-state index contributed by atoms with van der Waals surface area (Å²) in [5, 5.41) is 8.33. The van der Waals surface area contributed by atoms with E-state index >= 15 is 0 Å². The lowest BCUT2D eigenvalue weighted by molar-refractivity contribution is 0.243. The van der Waals surface area contributed by atoms with Crippen molar-refractivity contribution in [2.24, 2.45) is 0 Å². The van der Waals surface area contributed by atoms with Gasteiger partial charge in [-0.05, 0) is 36.4 Å². The second-order valence-electron chi connectivity index (χ2n) is 5.30. The first-order valence-electron chi connectivity index (χ1n) is 7.59. The van der Waals surface area contributed by atoms with Gasteiger partial charge in [-0.15, -0.1) is 10.2 Å². The molecule has 2 aromatic carbocycles. The van der Waals surface area contributed by atoms with Gasteiger partial charge in [-0.25, -0.2) is 0 Å². The molecule has 0 saturated heterocycles. The molecular weight excluding hydrogens is 354 g/mol. The maximum Gasteiger partial charge on any atom is 0.247 e. The highest BCUT2D eigenvalue weighted by molar-refractivity contribution is 9.10. The van der Waals surface area contributed by atoms with Gasteiger partial charge in [-0.2, -0.15) is 0 Å². The van der Waals surface area contributed by atoms with Crippen molar-refractivity contribution in [3.8, 4) is 11.5 Å². The minimum atomic E-state index is 0.559. The number of benzene rings is 2. The van der Waals surface area contributed by atoms with E-state index in [2.05, 4.69) is 62.2 Å². The van der Waals surface area contributed by atoms with Gasteiger partial charge in [-0.3, -0.25) is 4.90 Å². The molecule has 0 unspecified atom stereocenters. The molecule has 0 amide bonds. The van der Waals surface area contributed by atoms with E-state index in [1.807, 2.05) is 30.3 Å². The Kier molecular flexibility index (Phi) is 5.20. The van der Waals surface area contributed by atoms with Crippen LogP contribution in [0.15, 0.2) is 63.5 Å². The Morgan fingerprint density at radius 3 is 2.39 bits per heavy atom. The van der Waals surface area contributed by atoms with E-state index in [1.165, 1.54) is 5.56 Å². The first-order valence-corrected chi connectivity index (χ1v) is 8.38. The molecule has 23 heavy (non-hydrogen) atoms. The molecule has 5 heteroatoms. The molecule has 3 rings (SSSR count). The van der Waals surface area contributed by atoms with E-state index in [0.717, 1.165) is 23.1 Å². The SMILES string of the molecule is CCN(Cc1ccccc1)Cc1nnc(-c2ccc(Br)cc2)o1. The second kappa shape index (κ2) is 7.53. The minimum absolute atomic E-state index is 0.559. The van der Waals surface area contributed by atoms with Crippen LogP contribution in [0.3, 0.4) is 0 Å². The van der Waals surface area contributed by atoms with E-state index in [0.29, 0.717) is 18.3 Å². The maximum atomic E-state index is 5.80. The van der Waals surface area contributed by atoms with E-state index in [4.69, 9.17) is 4.42 Å². The smallest absolute Gasteiger partial charge is 0.247 e. The Morgan fingerprint density at radius 2 is 1.70 bits per heavy atom. The van der Waals surface area contributed by atoms with Gasteiger partial charge < -0.3 is 4.42 Å². The van der Waals surface area contributed by atoms with Gasteiger partial charge in [0.1, 0.15) is 0 Å². The summed E-state index contributed by atoms with van der Waals surface area (Å²) in [5.74, 6) is 1.20. The predicted molar refractivity (Wildman–Crippen MR) is 93.7 cm³/mol. The summed E-state index contributed by atoms with van der Waals surface area (Å²) < 4.78 is 6.83. The van der Waals surface area contributed by atoms with Crippen LogP contribution in [0.25, 0.3) is 11.5 Å². The molecule has 0 radical (unpaired) electrons. The van der Waals surface area contributed by atoms with Crippen LogP contribution in [-0.4, -0.2) is 21.6 Å². The third-order valence-electron chi connectivity index (χ3n) is 3.61. The zero-order valence-electron chi connectivity index (χ0n) is 12.9. The summed E-state index contributed by atoms with van der Waals surface area (Å²) >= 11 is 3.42. The first kappa shape index (κ1) is 15.9. The Labute approximate surface area is 144 Å². The lowest BCUT2D eigenvalue weighted by Crippen LogP contribution is -2.22. The minimum Gasteiger partial charge on any atom is -0.419 e. The lowest BCUT2D eigenvalue weighted by atomic mass is 10.2. The van der Waals surface area contributed by atoms with Crippen LogP contribution in [0.5, 0.6) is 0 Å². The van der Waals surface area contributed by atoms with E-state index in [1.54, 1.807) is 0 Å². The molecule has 118 valence electrons. The van der Waals surface area contributed by atoms with Gasteiger partial charge >= 0.3 is 0 Å². The zero-order chi connectivity index (χ0) is 16.1. The highest BCUT2D eigenvalue weighted by Gasteiger charge is 2.12. The molecule has 1 heterocycles. The largest absolute Gasteiger partial charge is 0.419 e. The molecule has 0 aliphatic carbocycles. The molecule has 3 aromatic rings. The summed E-state index contributed by atoms with van der Waals surface area (Å²) in [7, 11) is 0. The third-order valence-corrected chi connectivity index (χ3v) is 4.14. The second-order valence-corrected chi connectivity index (χ2v) is 6.21. The van der Waals surface area contributed by atoms with E-state index in [9.17, 15) is 0 Å². The molecule has 0 aliphatic rings. The Balaban J connectivity index is 1.68. The van der Waals surface area contributed by atoms with Crippen molar-refractivity contribution in [3.63, 3.8) is 0 Å². The maximum absolute atomic E-state index is 5.80. The number of halogens is 1. The van der Waals surface area contributed by atoms with Crippen molar-refractivity contribution >= 4 is 15.9 Å². The monoisotopic (exact) mass is 371 g/mol. The Hall–Kier alpha value is -1.98. The van der Waals surface area contributed by atoms with Crippen LogP contribution < -0.4 is 0 Å². The summed E-state index contributed by atoms with van der Waals surface area (Å²) in [4.78, 5) is 2.27. The van der Waals surface area contributed by atoms with Crippen LogP contribution in [0.1, 0.15) is 18.4 Å². The van der Waals surface area contributed by atoms with Crippen molar-refractivity contribution in [1.29, 1.82) is 0 Å². The van der Waals surface area contributed by atoms with Gasteiger partial charge in [0.15, 0.2) is 0 Å². The van der Waals surface area contributed by atoms with Crippen LogP contribution in [0.2, 0.25) is 0 Å². The van der Waals surface area contributed by atoms with Crippen molar-refractivity contribution < 1.29 is 4.42 Å². The normalized spacial score (nSPS) is 11.1. The molecular formula is C18H18BrN3O. The molecule has 0 saturated carbocycles. The fourth-order valence-corrected chi connectivity index (χ4v) is 2.60. The highest BCUT2D eigenvalue weighted by Crippen LogP contribution is 2.21. The first-order chi connectivity index (χ1) is 11.2. The average molecular weight is 372 g/mol. The molecule has 4 nitrogen and oxygen atoms in total. The summed E-state index contributed by atoms with van der Waals surface area (Å²) in [5.41, 5.74) is 2.21. The Bertz CT molecular complexity index is 740. The third kappa shape index (κ3) is 4.27. The summed E-state index contributed by atoms with van der Waals surface area (Å²) in [6.45, 7) is 4.57. The van der Waals surface area contributed by atoms with Gasteiger partial charge in [0.05, 0.1) is 6.54 Å². The average Bonchev–Trinajstić information content (AvgIpc) is 3.04. The lowest BCUT2D eigenvalue weighted by Gasteiger charge is -2.18. The number of hydrogen-bond acceptors (Lipinski definition) is 4. The van der Waals surface area contributed by atoms with E-state index in [-0.39, 0.29) is 0 Å². The number of hydrogen-bond donors (Lipinski definition) is 0. The number of rotatable bonds is 6. The van der Waals surface area contributed by atoms with Crippen molar-refractivity contribution in [1.82, 2.24) is 15.1 Å². The molecule has 1 aromatic heterocycles. The standard InChI is InChI=1S/C18H18BrN3O/c1-2-22(12-14-6-4-3-5-7-14)13-17-20-21-18(23-17)15-8-10-16(19)11-9-15/h3-11H,2,12-13H2,1H3. The fourth-order valence-electron chi connectivity index (χ4n) is 2.34. The van der Waals surface area contributed by atoms with Crippen LogP contribution in [0, 0.1) is 0 Å². The molecule has 0 N–H and O–H groups in total. The van der Waals surface area contributed by atoms with Crippen molar-refractivity contribution in [2.45, 2.75) is 20.0 Å². The molecule has 0 aliphatic heterocycles. The fraction of sp³-hybridized carbons (Fsp3) is 0.222. The van der Waals surface area contributed by atoms with Crippen LogP contribution in [-0.2, 0) is 13.1 Å². The molecule has 0 bridgehead atoms. The summed E-state index contributed by atoms with van der Waals surface area (Å²) in [6, 6.07) is 18.3. The van der Waals surface area contributed by atoms with Gasteiger partial charge in [-0.1, -0.05) is 53.2 Å². The van der Waals surface area contributed by atoms with Crippen molar-refractivity contribution in [2.75, 3.05) is 6.54 Å². The summed E-state index contributed by atoms with van der Waals surface area (Å²) in [6.07, 6.45) is 0. The highest BCUT2D eigenvalue weighted by atomic mass is 79.9. The number of nitrogens with zero attached hydrogens (tertiary/aromatic N) is 3. The van der Waals surface area contributed by atoms with Gasteiger partial charge in [0.2, 0.25) is 11.8 Å². The van der Waals surface area contributed by atoms with E-state index < -0.39 is 0 Å². The quantitative estimate of drug-likeness (QED) is 0.638. The zero-order valence-corrected chi connectivity index (χ0v) is 14.5. The topological polar surface area (TPSA) is 42.2 Å². The van der Waals surface area contributed by atoms with Crippen molar-refractivity contribution in [3.05, 3.63) is 70.5 Å². The molecule has 0 fully saturated rings. The molecule has 0 atom stereocenters. The Morgan fingerprint density at radius 1 is 0.957 bits per heavy atom. The number of aromatic nitrogens is 2.